The van der Waals surface area contributed by atoms with E-state index in [1.165, 1.54) is 18.2 Å². The Balaban J connectivity index is 2.26. The van der Waals surface area contributed by atoms with E-state index >= 15 is 0 Å². The molecule has 0 saturated carbocycles. The van der Waals surface area contributed by atoms with Crippen LogP contribution in [-0.2, 0) is 6.18 Å². The number of nitrogens with one attached hydrogen (secondary N) is 1. The molecule has 0 saturated heterocycles. The normalized spacial score (nSPS) is 12.0. The number of fused-ring (bicyclic) bond motifs is 1. The zero-order chi connectivity index (χ0) is 20.5. The fourth-order valence-electron chi connectivity index (χ4n) is 2.64. The van der Waals surface area contributed by atoms with Gasteiger partial charge >= 0.3 is 11.9 Å². The summed E-state index contributed by atoms with van der Waals surface area (Å²) in [4.78, 5) is 22.3. The highest BCUT2D eigenvalue weighted by atomic mass is 35.5. The minimum atomic E-state index is -4.66. The third kappa shape index (κ3) is 4.10. The highest BCUT2D eigenvalue weighted by molar-refractivity contribution is 6.32. The second-order valence-corrected chi connectivity index (χ2v) is 6.73. The molecule has 28 heavy (non-hydrogen) atoms. The Morgan fingerprint density at radius 3 is 2.50 bits per heavy atom. The molecule has 6 nitrogen and oxygen atoms in total. The van der Waals surface area contributed by atoms with E-state index in [1.807, 2.05) is 19.0 Å². The minimum absolute atomic E-state index is 0.171. The average Bonchev–Trinajstić information content (AvgIpc) is 2.61. The molecular formula is C18H17ClF3N5O. The number of nitrogens with zero attached hydrogens (tertiary/aromatic N) is 4. The fraction of sp³-hybridized carbons (Fsp3) is 0.278. The monoisotopic (exact) mass is 411 g/mol. The first kappa shape index (κ1) is 20.1. The van der Waals surface area contributed by atoms with Crippen molar-refractivity contribution in [2.75, 3.05) is 32.5 Å². The molecule has 3 rings (SSSR count). The molecule has 1 N–H and O–H groups in total. The molecule has 0 spiro atoms. The van der Waals surface area contributed by atoms with Crippen LogP contribution in [0.1, 0.15) is 5.69 Å². The molecule has 0 aliphatic rings. The van der Waals surface area contributed by atoms with E-state index in [0.29, 0.717) is 13.1 Å². The Labute approximate surface area is 163 Å². The van der Waals surface area contributed by atoms with E-state index in [-0.39, 0.29) is 27.6 Å². The maximum absolute atomic E-state index is 13.2. The predicted molar refractivity (Wildman–Crippen MR) is 102 cm³/mol. The number of halogens is 4. The minimum Gasteiger partial charge on any atom is -0.368 e. The number of para-hydroxylation sites is 1. The summed E-state index contributed by atoms with van der Waals surface area (Å²) in [6.45, 7) is 1.09. The van der Waals surface area contributed by atoms with Gasteiger partial charge in [-0.05, 0) is 38.4 Å². The SMILES string of the molecule is CN(C)CCNc1nc(=O)n(-c2ccccc2Cl)c2nc(C(F)(F)F)ccc12. The molecule has 0 amide bonds. The Kier molecular flexibility index (Phi) is 5.57. The maximum atomic E-state index is 13.2. The Hall–Kier alpha value is -2.65. The van der Waals surface area contributed by atoms with Crippen LogP contribution in [0.3, 0.4) is 0 Å². The van der Waals surface area contributed by atoms with Crippen LogP contribution in [0.25, 0.3) is 16.7 Å². The zero-order valence-corrected chi connectivity index (χ0v) is 15.8. The summed E-state index contributed by atoms with van der Waals surface area (Å²) in [5.41, 5.74) is -1.85. The quantitative estimate of drug-likeness (QED) is 0.697. The highest BCUT2D eigenvalue weighted by Gasteiger charge is 2.33. The van der Waals surface area contributed by atoms with Gasteiger partial charge < -0.3 is 10.2 Å². The molecule has 148 valence electrons. The number of likely N-dealkylation sites (N-methyl/N-ethyl adjacent to an activating group) is 1. The van der Waals surface area contributed by atoms with E-state index in [4.69, 9.17) is 11.6 Å². The van der Waals surface area contributed by atoms with E-state index < -0.39 is 17.6 Å². The van der Waals surface area contributed by atoms with Crippen molar-refractivity contribution in [1.29, 1.82) is 0 Å². The van der Waals surface area contributed by atoms with Crippen LogP contribution in [0.15, 0.2) is 41.2 Å². The lowest BCUT2D eigenvalue weighted by Gasteiger charge is -2.16. The highest BCUT2D eigenvalue weighted by Crippen LogP contribution is 2.31. The third-order valence-electron chi connectivity index (χ3n) is 3.98. The van der Waals surface area contributed by atoms with Crippen LogP contribution in [0.4, 0.5) is 19.0 Å². The van der Waals surface area contributed by atoms with Crippen molar-refractivity contribution in [2.45, 2.75) is 6.18 Å². The maximum Gasteiger partial charge on any atom is 0.433 e. The molecule has 0 atom stereocenters. The van der Waals surface area contributed by atoms with Crippen molar-refractivity contribution >= 4 is 28.5 Å². The van der Waals surface area contributed by atoms with Gasteiger partial charge in [0.2, 0.25) is 0 Å². The Morgan fingerprint density at radius 1 is 1.14 bits per heavy atom. The molecule has 0 radical (unpaired) electrons. The number of rotatable bonds is 5. The first-order valence-corrected chi connectivity index (χ1v) is 8.71. The van der Waals surface area contributed by atoms with Crippen molar-refractivity contribution < 1.29 is 13.2 Å². The summed E-state index contributed by atoms with van der Waals surface area (Å²) in [5, 5.41) is 3.47. The lowest BCUT2D eigenvalue weighted by atomic mass is 10.2. The van der Waals surface area contributed by atoms with Crippen LogP contribution in [0, 0.1) is 0 Å². The molecule has 0 fully saturated rings. The van der Waals surface area contributed by atoms with Crippen molar-refractivity contribution in [3.05, 3.63) is 57.6 Å². The molecule has 10 heteroatoms. The topological polar surface area (TPSA) is 63.1 Å². The molecular weight excluding hydrogens is 395 g/mol. The largest absolute Gasteiger partial charge is 0.433 e. The van der Waals surface area contributed by atoms with Gasteiger partial charge in [-0.25, -0.2) is 14.3 Å². The van der Waals surface area contributed by atoms with E-state index in [0.717, 1.165) is 10.6 Å². The number of hydrogen-bond acceptors (Lipinski definition) is 5. The number of alkyl halides is 3. The van der Waals surface area contributed by atoms with E-state index in [9.17, 15) is 18.0 Å². The summed E-state index contributed by atoms with van der Waals surface area (Å²) in [6.07, 6.45) is -4.66. The first-order valence-electron chi connectivity index (χ1n) is 8.33. The number of pyridine rings is 1. The number of benzene rings is 1. The van der Waals surface area contributed by atoms with Crippen molar-refractivity contribution in [1.82, 2.24) is 19.4 Å². The van der Waals surface area contributed by atoms with Gasteiger partial charge in [0.25, 0.3) is 0 Å². The Bertz CT molecular complexity index is 1070. The van der Waals surface area contributed by atoms with Gasteiger partial charge in [0.15, 0.2) is 5.65 Å². The predicted octanol–water partition coefficient (Wildman–Crippen LogP) is 3.43. The number of aromatic nitrogens is 3. The molecule has 2 aromatic heterocycles. The number of anilines is 1. The van der Waals surface area contributed by atoms with Gasteiger partial charge in [-0.15, -0.1) is 0 Å². The summed E-state index contributed by atoms with van der Waals surface area (Å²) in [5.74, 6) is 0.173. The van der Waals surface area contributed by atoms with Gasteiger partial charge in [0.1, 0.15) is 11.5 Å². The van der Waals surface area contributed by atoms with Crippen molar-refractivity contribution in [2.24, 2.45) is 0 Å². The molecule has 1 aromatic carbocycles. The second kappa shape index (κ2) is 7.76. The summed E-state index contributed by atoms with van der Waals surface area (Å²) in [6, 6.07) is 8.44. The van der Waals surface area contributed by atoms with Gasteiger partial charge in [0, 0.05) is 13.1 Å². The first-order chi connectivity index (χ1) is 13.2. The standard InChI is InChI=1S/C18H17ClF3N5O/c1-26(2)10-9-23-15-11-7-8-14(18(20,21)22)24-16(11)27(17(28)25-15)13-6-4-3-5-12(13)19/h3-8H,9-10H2,1-2H3,(H,23,25,28). The van der Waals surface area contributed by atoms with Gasteiger partial charge in [0.05, 0.1) is 16.1 Å². The Morgan fingerprint density at radius 2 is 1.86 bits per heavy atom. The van der Waals surface area contributed by atoms with Crippen molar-refractivity contribution in [3.8, 4) is 5.69 Å². The van der Waals surface area contributed by atoms with Crippen LogP contribution in [0.2, 0.25) is 5.02 Å². The fourth-order valence-corrected chi connectivity index (χ4v) is 2.86. The van der Waals surface area contributed by atoms with E-state index in [1.54, 1.807) is 12.1 Å². The summed E-state index contributed by atoms with van der Waals surface area (Å²) >= 11 is 6.16. The molecule has 0 aliphatic carbocycles. The van der Waals surface area contributed by atoms with Gasteiger partial charge in [-0.1, -0.05) is 23.7 Å². The lowest BCUT2D eigenvalue weighted by molar-refractivity contribution is -0.141. The van der Waals surface area contributed by atoms with Crippen molar-refractivity contribution in [3.63, 3.8) is 0 Å². The molecule has 2 heterocycles. The lowest BCUT2D eigenvalue weighted by Crippen LogP contribution is -2.27. The van der Waals surface area contributed by atoms with Gasteiger partial charge in [-0.3, -0.25) is 0 Å². The third-order valence-corrected chi connectivity index (χ3v) is 4.30. The van der Waals surface area contributed by atoms with Gasteiger partial charge in [-0.2, -0.15) is 18.2 Å². The molecule has 3 aromatic rings. The average molecular weight is 412 g/mol. The van der Waals surface area contributed by atoms with Crippen LogP contribution in [0.5, 0.6) is 0 Å². The summed E-state index contributed by atoms with van der Waals surface area (Å²) < 4.78 is 40.6. The van der Waals surface area contributed by atoms with E-state index in [2.05, 4.69) is 15.3 Å². The smallest absolute Gasteiger partial charge is 0.368 e. The molecule has 0 aliphatic heterocycles. The van der Waals surface area contributed by atoms with Crippen LogP contribution in [-0.4, -0.2) is 46.6 Å². The molecule has 0 unspecified atom stereocenters. The summed E-state index contributed by atoms with van der Waals surface area (Å²) in [7, 11) is 3.75. The molecule has 0 bridgehead atoms. The van der Waals surface area contributed by atoms with Crippen LogP contribution < -0.4 is 11.0 Å². The zero-order valence-electron chi connectivity index (χ0n) is 15.1. The number of hydrogen-bond donors (Lipinski definition) is 1. The second-order valence-electron chi connectivity index (χ2n) is 6.33. The van der Waals surface area contributed by atoms with Crippen LogP contribution >= 0.6 is 11.6 Å².